The minimum atomic E-state index is -1.80. The van der Waals surface area contributed by atoms with Crippen LogP contribution in [0.4, 0.5) is 26.4 Å². The Kier molecular flexibility index (Phi) is 5.81. The first-order chi connectivity index (χ1) is 17.4. The number of hydrogen-bond donors (Lipinski definition) is 3. The van der Waals surface area contributed by atoms with Crippen molar-refractivity contribution in [3.8, 4) is 0 Å². The maximum Gasteiger partial charge on any atom is 0.321 e. The van der Waals surface area contributed by atoms with Gasteiger partial charge < -0.3 is 15.6 Å². The van der Waals surface area contributed by atoms with Crippen LogP contribution in [-0.4, -0.2) is 33.3 Å². The van der Waals surface area contributed by atoms with Crippen molar-refractivity contribution in [1.29, 1.82) is 0 Å². The minimum absolute atomic E-state index is 0.203. The van der Waals surface area contributed by atoms with Crippen LogP contribution >= 0.6 is 0 Å². The number of nitrogens with zero attached hydrogens (tertiary/aromatic N) is 3. The fraction of sp³-hybridized carbons (Fsp3) is 0.111. The Bertz CT molecular complexity index is 1480. The monoisotopic (exact) mass is 482 g/mol. The molecule has 0 aliphatic carbocycles. The van der Waals surface area contributed by atoms with Gasteiger partial charge in [0.15, 0.2) is 5.82 Å². The normalized spacial score (nSPS) is 17.1. The molecule has 1 atom stereocenters. The van der Waals surface area contributed by atoms with E-state index in [9.17, 15) is 9.59 Å². The average molecular weight is 483 g/mol. The van der Waals surface area contributed by atoms with Crippen molar-refractivity contribution in [3.05, 3.63) is 108 Å². The molecule has 1 aromatic heterocycles. The van der Waals surface area contributed by atoms with Crippen LogP contribution in [0.2, 0.25) is 0 Å². The van der Waals surface area contributed by atoms with Gasteiger partial charge >= 0.3 is 6.03 Å². The number of halogens is 1. The maximum absolute atomic E-state index is 15.0. The van der Waals surface area contributed by atoms with E-state index in [-0.39, 0.29) is 11.3 Å². The van der Waals surface area contributed by atoms with Gasteiger partial charge in [-0.25, -0.2) is 19.2 Å². The van der Waals surface area contributed by atoms with Crippen LogP contribution < -0.4 is 15.5 Å². The lowest BCUT2D eigenvalue weighted by Crippen LogP contribution is -2.56. The number of imidazole rings is 1. The van der Waals surface area contributed by atoms with E-state index in [4.69, 9.17) is 4.99 Å². The summed E-state index contributed by atoms with van der Waals surface area (Å²) in [5.74, 6) is -0.754. The highest BCUT2D eigenvalue weighted by Gasteiger charge is 2.44. The second-order valence-corrected chi connectivity index (χ2v) is 8.55. The molecule has 3 amide bonds. The molecule has 1 aliphatic rings. The minimum Gasteiger partial charge on any atom is -0.349 e. The van der Waals surface area contributed by atoms with Gasteiger partial charge in [-0.3, -0.25) is 9.69 Å². The molecule has 3 N–H and O–H groups in total. The van der Waals surface area contributed by atoms with Gasteiger partial charge in [0.2, 0.25) is 5.66 Å². The zero-order valence-electron chi connectivity index (χ0n) is 19.6. The molecule has 0 fully saturated rings. The lowest BCUT2D eigenvalue weighted by Gasteiger charge is -2.30. The van der Waals surface area contributed by atoms with Crippen molar-refractivity contribution in [1.82, 2.24) is 15.3 Å². The molecule has 0 unspecified atom stereocenters. The summed E-state index contributed by atoms with van der Waals surface area (Å²) >= 11 is 0. The van der Waals surface area contributed by atoms with Gasteiger partial charge in [0, 0.05) is 23.0 Å². The molecule has 0 bridgehead atoms. The first kappa shape index (κ1) is 23.0. The number of para-hydroxylation sites is 1. The average Bonchev–Trinajstić information content (AvgIpc) is 3.35. The van der Waals surface area contributed by atoms with Gasteiger partial charge in [-0.1, -0.05) is 42.5 Å². The zero-order valence-corrected chi connectivity index (χ0v) is 19.6. The summed E-state index contributed by atoms with van der Waals surface area (Å²) in [5.41, 5.74) is 1.13. The van der Waals surface area contributed by atoms with Gasteiger partial charge in [-0.15, -0.1) is 0 Å². The van der Waals surface area contributed by atoms with E-state index in [2.05, 4.69) is 20.6 Å². The molecule has 4 aromatic rings. The van der Waals surface area contributed by atoms with Crippen LogP contribution in [0.5, 0.6) is 0 Å². The van der Waals surface area contributed by atoms with E-state index in [1.807, 2.05) is 19.1 Å². The number of urea groups is 1. The summed E-state index contributed by atoms with van der Waals surface area (Å²) in [7, 11) is 0. The molecule has 0 saturated carbocycles. The SMILES string of the molecule is Cc1cccc(NC(=O)N[C@]2(C)N=C(c3ccccc3F)c3ccccc3N(c3c[nH]cn3)C2=O)c1. The molecule has 180 valence electrons. The predicted octanol–water partition coefficient (Wildman–Crippen LogP) is 4.91. The fourth-order valence-corrected chi connectivity index (χ4v) is 4.18. The van der Waals surface area contributed by atoms with Gasteiger partial charge in [0.1, 0.15) is 5.82 Å². The fourth-order valence-electron chi connectivity index (χ4n) is 4.18. The van der Waals surface area contributed by atoms with Gasteiger partial charge in [0.05, 0.1) is 17.7 Å². The van der Waals surface area contributed by atoms with E-state index < -0.39 is 23.4 Å². The number of amides is 3. The highest BCUT2D eigenvalue weighted by Crippen LogP contribution is 2.36. The Labute approximate surface area is 206 Å². The number of carbonyl (C=O) groups is 2. The van der Waals surface area contributed by atoms with E-state index in [1.54, 1.807) is 60.8 Å². The highest BCUT2D eigenvalue weighted by atomic mass is 19.1. The third-order valence-electron chi connectivity index (χ3n) is 5.83. The van der Waals surface area contributed by atoms with Crippen LogP contribution in [0.15, 0.2) is 90.3 Å². The van der Waals surface area contributed by atoms with E-state index >= 15 is 4.39 Å². The number of fused-ring (bicyclic) bond motifs is 1. The number of hydrogen-bond acceptors (Lipinski definition) is 4. The number of aromatic nitrogens is 2. The summed E-state index contributed by atoms with van der Waals surface area (Å²) in [6.45, 7) is 3.39. The van der Waals surface area contributed by atoms with Crippen molar-refractivity contribution < 1.29 is 14.0 Å². The number of anilines is 3. The lowest BCUT2D eigenvalue weighted by atomic mass is 9.99. The maximum atomic E-state index is 15.0. The quantitative estimate of drug-likeness (QED) is 0.385. The van der Waals surface area contributed by atoms with Crippen LogP contribution in [0.1, 0.15) is 23.6 Å². The molecule has 9 heteroatoms. The predicted molar refractivity (Wildman–Crippen MR) is 136 cm³/mol. The summed E-state index contributed by atoms with van der Waals surface area (Å²) in [4.78, 5) is 40.3. The van der Waals surface area contributed by atoms with E-state index in [1.165, 1.54) is 24.2 Å². The number of aryl methyl sites for hydroxylation is 1. The molecular weight excluding hydrogens is 459 g/mol. The molecule has 36 heavy (non-hydrogen) atoms. The summed E-state index contributed by atoms with van der Waals surface area (Å²) < 4.78 is 15.0. The standard InChI is InChI=1S/C27H23FN6O2/c1-17-8-7-9-18(14-17)31-26(36)33-27(2)25(35)34(23-15-29-16-30-23)22-13-6-4-11-20(22)24(32-27)19-10-3-5-12-21(19)28/h3-16H,1-2H3,(H,29,30)(H2,31,33,36)/t27-/m0/s1. The number of benzene rings is 3. The summed E-state index contributed by atoms with van der Waals surface area (Å²) in [5, 5.41) is 5.46. The van der Waals surface area contributed by atoms with Crippen molar-refractivity contribution in [3.63, 3.8) is 0 Å². The topological polar surface area (TPSA) is 102 Å². The molecule has 0 radical (unpaired) electrons. The molecule has 1 aliphatic heterocycles. The van der Waals surface area contributed by atoms with Gasteiger partial charge in [-0.2, -0.15) is 0 Å². The molecule has 3 aromatic carbocycles. The van der Waals surface area contributed by atoms with Crippen LogP contribution in [0, 0.1) is 12.7 Å². The smallest absolute Gasteiger partial charge is 0.321 e. The van der Waals surface area contributed by atoms with E-state index in [0.717, 1.165) is 5.56 Å². The Morgan fingerprint density at radius 1 is 1.03 bits per heavy atom. The highest BCUT2D eigenvalue weighted by molar-refractivity contribution is 6.22. The number of rotatable bonds is 4. The molecule has 2 heterocycles. The Balaban J connectivity index is 1.65. The first-order valence-corrected chi connectivity index (χ1v) is 11.3. The number of H-pyrrole nitrogens is 1. The number of carbonyl (C=O) groups excluding carboxylic acids is 2. The van der Waals surface area contributed by atoms with Crippen molar-refractivity contribution >= 4 is 34.8 Å². The number of nitrogens with one attached hydrogen (secondary N) is 3. The summed E-state index contributed by atoms with van der Waals surface area (Å²) in [6.07, 6.45) is 3.01. The van der Waals surface area contributed by atoms with Crippen molar-refractivity contribution in [2.24, 2.45) is 4.99 Å². The number of benzodiazepines with no additional fused rings is 1. The van der Waals surface area contributed by atoms with Crippen molar-refractivity contribution in [2.45, 2.75) is 19.5 Å². The molecule has 0 spiro atoms. The Hall–Kier alpha value is -4.79. The van der Waals surface area contributed by atoms with Crippen LogP contribution in [-0.2, 0) is 4.79 Å². The lowest BCUT2D eigenvalue weighted by molar-refractivity contribution is -0.122. The Morgan fingerprint density at radius 2 is 1.78 bits per heavy atom. The zero-order chi connectivity index (χ0) is 25.3. The van der Waals surface area contributed by atoms with Crippen LogP contribution in [0.3, 0.4) is 0 Å². The van der Waals surface area contributed by atoms with Gasteiger partial charge in [0.25, 0.3) is 5.91 Å². The molecule has 5 rings (SSSR count). The molecule has 0 saturated heterocycles. The summed E-state index contributed by atoms with van der Waals surface area (Å²) in [6, 6.07) is 19.9. The van der Waals surface area contributed by atoms with Crippen molar-refractivity contribution in [2.75, 3.05) is 10.2 Å². The molecular formula is C27H23FN6O2. The van der Waals surface area contributed by atoms with Gasteiger partial charge in [-0.05, 0) is 49.7 Å². The molecule has 8 nitrogen and oxygen atoms in total. The second-order valence-electron chi connectivity index (χ2n) is 8.55. The first-order valence-electron chi connectivity index (χ1n) is 11.3. The largest absolute Gasteiger partial charge is 0.349 e. The second kappa shape index (κ2) is 9.10. The number of aliphatic imine (C=N–C) groups is 1. The Morgan fingerprint density at radius 3 is 2.50 bits per heavy atom. The van der Waals surface area contributed by atoms with E-state index in [0.29, 0.717) is 22.8 Å². The third kappa shape index (κ3) is 4.22. The third-order valence-corrected chi connectivity index (χ3v) is 5.83. The van der Waals surface area contributed by atoms with Crippen LogP contribution in [0.25, 0.3) is 0 Å². The number of aromatic amines is 1.